The van der Waals surface area contributed by atoms with Crippen molar-refractivity contribution in [1.29, 1.82) is 0 Å². The van der Waals surface area contributed by atoms with E-state index in [-0.39, 0.29) is 17.8 Å². The first-order chi connectivity index (χ1) is 14.0. The maximum atomic E-state index is 13.4. The number of carbonyl (C=O) groups is 1. The maximum Gasteiger partial charge on any atom is 0.251 e. The van der Waals surface area contributed by atoms with Crippen LogP contribution >= 0.6 is 11.6 Å². The predicted molar refractivity (Wildman–Crippen MR) is 111 cm³/mol. The van der Waals surface area contributed by atoms with E-state index in [1.807, 2.05) is 6.07 Å². The topological polar surface area (TPSA) is 46.9 Å². The first-order valence-corrected chi connectivity index (χ1v) is 10.6. The van der Waals surface area contributed by atoms with Crippen LogP contribution in [0.25, 0.3) is 10.9 Å². The Morgan fingerprint density at radius 1 is 1.24 bits per heavy atom. The van der Waals surface area contributed by atoms with Gasteiger partial charge in [-0.1, -0.05) is 18.5 Å². The van der Waals surface area contributed by atoms with Gasteiger partial charge in [0.2, 0.25) is 0 Å². The lowest BCUT2D eigenvalue weighted by atomic mass is 9.99. The summed E-state index contributed by atoms with van der Waals surface area (Å²) in [5.41, 5.74) is 1.64. The van der Waals surface area contributed by atoms with Crippen LogP contribution in [-0.2, 0) is 0 Å². The number of halogens is 2. The quantitative estimate of drug-likeness (QED) is 0.624. The number of aromatic nitrogens is 2. The minimum absolute atomic E-state index is 0.0323. The van der Waals surface area contributed by atoms with Crippen LogP contribution in [0.4, 0.5) is 4.39 Å². The van der Waals surface area contributed by atoms with Crippen LogP contribution in [0.3, 0.4) is 0 Å². The molecule has 1 N–H and O–H groups in total. The van der Waals surface area contributed by atoms with Crippen molar-refractivity contribution in [1.82, 2.24) is 15.1 Å². The first kappa shape index (κ1) is 18.6. The average molecular weight is 412 g/mol. The Morgan fingerprint density at radius 2 is 1.97 bits per heavy atom. The van der Waals surface area contributed by atoms with E-state index in [1.54, 1.807) is 30.5 Å². The van der Waals surface area contributed by atoms with Crippen molar-refractivity contribution in [3.63, 3.8) is 0 Å². The summed E-state index contributed by atoms with van der Waals surface area (Å²) in [6.07, 6.45) is 4.81. The van der Waals surface area contributed by atoms with Crippen LogP contribution in [-0.4, -0.2) is 21.7 Å². The molecule has 0 saturated heterocycles. The minimum Gasteiger partial charge on any atom is -0.349 e. The van der Waals surface area contributed by atoms with Crippen LogP contribution < -0.4 is 5.32 Å². The van der Waals surface area contributed by atoms with Gasteiger partial charge in [-0.2, -0.15) is 5.10 Å². The molecule has 0 bridgehead atoms. The minimum atomic E-state index is -0.228. The number of hydrogen-bond acceptors (Lipinski definition) is 2. The fraction of sp³-hybridized carbons (Fsp3) is 0.391. The molecule has 1 heterocycles. The van der Waals surface area contributed by atoms with Crippen LogP contribution in [0, 0.1) is 23.6 Å². The molecule has 1 aromatic heterocycles. The molecule has 3 unspecified atom stereocenters. The summed E-state index contributed by atoms with van der Waals surface area (Å²) >= 11 is 5.92. The zero-order valence-electron chi connectivity index (χ0n) is 16.2. The summed E-state index contributed by atoms with van der Waals surface area (Å²) in [5, 5.41) is 9.24. The van der Waals surface area contributed by atoms with Crippen molar-refractivity contribution in [3.8, 4) is 0 Å². The molecule has 2 fully saturated rings. The molecule has 5 rings (SSSR count). The third-order valence-electron chi connectivity index (χ3n) is 6.72. The van der Waals surface area contributed by atoms with Gasteiger partial charge in [0, 0.05) is 22.0 Å². The number of fused-ring (bicyclic) bond motifs is 2. The normalized spacial score (nSPS) is 26.3. The second kappa shape index (κ2) is 7.13. The number of amides is 1. The molecule has 2 saturated carbocycles. The largest absolute Gasteiger partial charge is 0.349 e. The van der Waals surface area contributed by atoms with Gasteiger partial charge < -0.3 is 5.32 Å². The predicted octanol–water partition coefficient (Wildman–Crippen LogP) is 5.23. The molecule has 0 aliphatic heterocycles. The third kappa shape index (κ3) is 3.31. The molecule has 2 aromatic carbocycles. The Kier molecular flexibility index (Phi) is 4.58. The second-order valence-corrected chi connectivity index (χ2v) is 8.75. The molecular formula is C23H23ClFN3O. The Balaban J connectivity index is 1.25. The maximum absolute atomic E-state index is 13.4. The lowest BCUT2D eigenvalue weighted by Crippen LogP contribution is -2.37. The molecule has 3 atom stereocenters. The van der Waals surface area contributed by atoms with Crippen molar-refractivity contribution < 1.29 is 9.18 Å². The molecule has 150 valence electrons. The molecule has 29 heavy (non-hydrogen) atoms. The first-order valence-electron chi connectivity index (χ1n) is 10.2. The molecule has 0 spiro atoms. The highest BCUT2D eigenvalue weighted by atomic mass is 35.5. The van der Waals surface area contributed by atoms with Crippen LogP contribution in [0.1, 0.15) is 42.6 Å². The smallest absolute Gasteiger partial charge is 0.251 e. The van der Waals surface area contributed by atoms with E-state index in [0.29, 0.717) is 34.4 Å². The molecule has 4 nitrogen and oxygen atoms in total. The lowest BCUT2D eigenvalue weighted by Gasteiger charge is -2.22. The van der Waals surface area contributed by atoms with Gasteiger partial charge in [-0.3, -0.25) is 9.48 Å². The fourth-order valence-electron chi connectivity index (χ4n) is 5.30. The summed E-state index contributed by atoms with van der Waals surface area (Å²) in [6, 6.07) is 12.4. The average Bonchev–Trinajstić information content (AvgIpc) is 3.06. The SMILES string of the molecule is CCC(NC(=O)c1ccc(Cl)cc1)C1C2CC(n3ncc4cc(F)ccc43)CC21. The van der Waals surface area contributed by atoms with Gasteiger partial charge in [-0.05, 0) is 79.5 Å². The molecule has 2 aliphatic rings. The second-order valence-electron chi connectivity index (χ2n) is 8.32. The third-order valence-corrected chi connectivity index (χ3v) is 6.97. The van der Waals surface area contributed by atoms with Crippen LogP contribution in [0.5, 0.6) is 0 Å². The number of hydrogen-bond donors (Lipinski definition) is 1. The summed E-state index contributed by atoms with van der Waals surface area (Å²) < 4.78 is 15.5. The highest BCUT2D eigenvalue weighted by molar-refractivity contribution is 6.30. The Labute approximate surface area is 174 Å². The molecule has 3 aromatic rings. The number of nitrogens with zero attached hydrogens (tertiary/aromatic N) is 2. The standard InChI is InChI=1S/C23H23ClFN3O/c1-2-20(27-23(29)13-3-5-15(24)6-4-13)22-18-10-17(11-19(18)22)28-21-8-7-16(25)9-14(21)12-26-28/h3-9,12,17-20,22H,2,10-11H2,1H3,(H,27,29). The summed E-state index contributed by atoms with van der Waals surface area (Å²) in [5.74, 6) is 1.51. The van der Waals surface area contributed by atoms with Gasteiger partial charge in [0.05, 0.1) is 17.8 Å². The fourth-order valence-corrected chi connectivity index (χ4v) is 5.42. The molecule has 6 heteroatoms. The number of rotatable bonds is 5. The van der Waals surface area contributed by atoms with Crippen molar-refractivity contribution in [2.75, 3.05) is 0 Å². The van der Waals surface area contributed by atoms with E-state index in [2.05, 4.69) is 22.0 Å². The van der Waals surface area contributed by atoms with Gasteiger partial charge >= 0.3 is 0 Å². The van der Waals surface area contributed by atoms with Crippen LogP contribution in [0.2, 0.25) is 5.02 Å². The summed E-state index contributed by atoms with van der Waals surface area (Å²) in [7, 11) is 0. The zero-order chi connectivity index (χ0) is 20.1. The van der Waals surface area contributed by atoms with Crippen molar-refractivity contribution >= 4 is 28.4 Å². The van der Waals surface area contributed by atoms with Gasteiger partial charge in [-0.25, -0.2) is 4.39 Å². The molecule has 0 radical (unpaired) electrons. The van der Waals surface area contributed by atoms with Crippen molar-refractivity contribution in [3.05, 3.63) is 65.1 Å². The zero-order valence-corrected chi connectivity index (χ0v) is 16.9. The van der Waals surface area contributed by atoms with E-state index < -0.39 is 0 Å². The molecular weight excluding hydrogens is 389 g/mol. The van der Waals surface area contributed by atoms with E-state index in [4.69, 9.17) is 11.6 Å². The highest BCUT2D eigenvalue weighted by Gasteiger charge is 2.59. The Morgan fingerprint density at radius 3 is 2.66 bits per heavy atom. The van der Waals surface area contributed by atoms with Gasteiger partial charge in [0.25, 0.3) is 5.91 Å². The Hall–Kier alpha value is -2.40. The monoisotopic (exact) mass is 411 g/mol. The van der Waals surface area contributed by atoms with Crippen LogP contribution in [0.15, 0.2) is 48.7 Å². The van der Waals surface area contributed by atoms with Crippen molar-refractivity contribution in [2.45, 2.75) is 38.3 Å². The highest BCUT2D eigenvalue weighted by Crippen LogP contribution is 2.62. The molecule has 1 amide bonds. The van der Waals surface area contributed by atoms with Gasteiger partial charge in [-0.15, -0.1) is 0 Å². The van der Waals surface area contributed by atoms with Gasteiger partial charge in [0.15, 0.2) is 0 Å². The van der Waals surface area contributed by atoms with E-state index >= 15 is 0 Å². The van der Waals surface area contributed by atoms with E-state index in [1.165, 1.54) is 12.1 Å². The van der Waals surface area contributed by atoms with Gasteiger partial charge in [0.1, 0.15) is 5.82 Å². The Bertz CT molecular complexity index is 1050. The van der Waals surface area contributed by atoms with E-state index in [0.717, 1.165) is 30.2 Å². The van der Waals surface area contributed by atoms with Crippen molar-refractivity contribution in [2.24, 2.45) is 17.8 Å². The molecule has 2 aliphatic carbocycles. The summed E-state index contributed by atoms with van der Waals surface area (Å²) in [4.78, 5) is 12.6. The number of nitrogens with one attached hydrogen (secondary N) is 1. The van der Waals surface area contributed by atoms with E-state index in [9.17, 15) is 9.18 Å². The number of carbonyl (C=O) groups excluding carboxylic acids is 1. The number of benzene rings is 2. The summed E-state index contributed by atoms with van der Waals surface area (Å²) in [6.45, 7) is 2.13. The lowest BCUT2D eigenvalue weighted by molar-refractivity contribution is 0.0927.